The van der Waals surface area contributed by atoms with Gasteiger partial charge in [0.2, 0.25) is 0 Å². The Kier molecular flexibility index (Phi) is 3.69. The zero-order chi connectivity index (χ0) is 12.3. The Balaban J connectivity index is 1.94. The van der Waals surface area contributed by atoms with Crippen LogP contribution < -0.4 is 10.1 Å². The first-order valence-corrected chi connectivity index (χ1v) is 6.21. The summed E-state index contributed by atoms with van der Waals surface area (Å²) in [4.78, 5) is 0. The number of hydrogen-bond donors (Lipinski definition) is 2. The van der Waals surface area contributed by atoms with Crippen molar-refractivity contribution in [2.45, 2.75) is 44.9 Å². The number of hydrogen-bond acceptors (Lipinski definition) is 3. The molecule has 17 heavy (non-hydrogen) atoms. The van der Waals surface area contributed by atoms with Crippen LogP contribution in [0.4, 0.5) is 0 Å². The average Bonchev–Trinajstić information content (AvgIpc) is 3.07. The summed E-state index contributed by atoms with van der Waals surface area (Å²) in [7, 11) is 0. The summed E-state index contributed by atoms with van der Waals surface area (Å²) in [6.07, 6.45) is 2.57. The standard InChI is InChI=1S/C14H21NO2/c1-14(2,16)10-17-13-6-4-3-5-11(13)9-15-12-7-8-12/h3-6,12,15-16H,7-10H2,1-2H3. The van der Waals surface area contributed by atoms with Crippen molar-refractivity contribution < 1.29 is 9.84 Å². The van der Waals surface area contributed by atoms with E-state index in [4.69, 9.17) is 4.74 Å². The summed E-state index contributed by atoms with van der Waals surface area (Å²) >= 11 is 0. The molecule has 94 valence electrons. The molecule has 1 fully saturated rings. The molecule has 1 aromatic carbocycles. The van der Waals surface area contributed by atoms with Gasteiger partial charge in [0.05, 0.1) is 5.60 Å². The Morgan fingerprint density at radius 1 is 1.35 bits per heavy atom. The molecule has 0 bridgehead atoms. The van der Waals surface area contributed by atoms with Gasteiger partial charge in [-0.25, -0.2) is 0 Å². The SMILES string of the molecule is CC(C)(O)COc1ccccc1CNC1CC1. The van der Waals surface area contributed by atoms with Gasteiger partial charge in [-0.1, -0.05) is 18.2 Å². The summed E-state index contributed by atoms with van der Waals surface area (Å²) in [5, 5.41) is 13.1. The predicted molar refractivity (Wildman–Crippen MR) is 68.1 cm³/mol. The second kappa shape index (κ2) is 5.07. The summed E-state index contributed by atoms with van der Waals surface area (Å²) in [6, 6.07) is 8.68. The molecule has 0 spiro atoms. The lowest BCUT2D eigenvalue weighted by molar-refractivity contribution is 0.0281. The van der Waals surface area contributed by atoms with Crippen LogP contribution in [-0.2, 0) is 6.54 Å². The van der Waals surface area contributed by atoms with Crippen LogP contribution in [-0.4, -0.2) is 23.4 Å². The second-order valence-electron chi connectivity index (χ2n) is 5.36. The van der Waals surface area contributed by atoms with Crippen LogP contribution in [0, 0.1) is 0 Å². The smallest absolute Gasteiger partial charge is 0.123 e. The minimum atomic E-state index is -0.795. The highest BCUT2D eigenvalue weighted by atomic mass is 16.5. The first-order chi connectivity index (χ1) is 8.04. The highest BCUT2D eigenvalue weighted by Gasteiger charge is 2.21. The number of rotatable bonds is 6. The average molecular weight is 235 g/mol. The van der Waals surface area contributed by atoms with Gasteiger partial charge in [-0.3, -0.25) is 0 Å². The van der Waals surface area contributed by atoms with E-state index in [0.717, 1.165) is 17.9 Å². The second-order valence-corrected chi connectivity index (χ2v) is 5.36. The van der Waals surface area contributed by atoms with Crippen molar-refractivity contribution in [1.29, 1.82) is 0 Å². The summed E-state index contributed by atoms with van der Waals surface area (Å²) < 4.78 is 5.66. The van der Waals surface area contributed by atoms with E-state index >= 15 is 0 Å². The molecular weight excluding hydrogens is 214 g/mol. The van der Waals surface area contributed by atoms with E-state index in [2.05, 4.69) is 11.4 Å². The Morgan fingerprint density at radius 3 is 2.71 bits per heavy atom. The molecule has 0 atom stereocenters. The number of ether oxygens (including phenoxy) is 1. The van der Waals surface area contributed by atoms with Crippen LogP contribution in [0.5, 0.6) is 5.75 Å². The van der Waals surface area contributed by atoms with Gasteiger partial charge in [-0.15, -0.1) is 0 Å². The van der Waals surface area contributed by atoms with Crippen LogP contribution in [0.3, 0.4) is 0 Å². The minimum absolute atomic E-state index is 0.313. The minimum Gasteiger partial charge on any atom is -0.490 e. The van der Waals surface area contributed by atoms with E-state index in [0.29, 0.717) is 12.6 Å². The summed E-state index contributed by atoms with van der Waals surface area (Å²) in [5.41, 5.74) is 0.362. The molecule has 0 radical (unpaired) electrons. The van der Waals surface area contributed by atoms with Crippen LogP contribution in [0.25, 0.3) is 0 Å². The Bertz CT molecular complexity index is 367. The monoisotopic (exact) mass is 235 g/mol. The molecule has 3 heteroatoms. The van der Waals surface area contributed by atoms with E-state index in [1.807, 2.05) is 18.2 Å². The molecule has 0 heterocycles. The summed E-state index contributed by atoms with van der Waals surface area (Å²) in [6.45, 7) is 4.65. The molecule has 0 amide bonds. The normalized spacial score (nSPS) is 15.9. The van der Waals surface area contributed by atoms with Gasteiger partial charge in [-0.2, -0.15) is 0 Å². The largest absolute Gasteiger partial charge is 0.490 e. The zero-order valence-electron chi connectivity index (χ0n) is 10.6. The Hall–Kier alpha value is -1.06. The van der Waals surface area contributed by atoms with Crippen molar-refractivity contribution in [3.63, 3.8) is 0 Å². The lowest BCUT2D eigenvalue weighted by atomic mass is 10.1. The van der Waals surface area contributed by atoms with E-state index in [-0.39, 0.29) is 0 Å². The fourth-order valence-electron chi connectivity index (χ4n) is 1.59. The van der Waals surface area contributed by atoms with Crippen LogP contribution >= 0.6 is 0 Å². The third-order valence-electron chi connectivity index (χ3n) is 2.71. The van der Waals surface area contributed by atoms with E-state index < -0.39 is 5.60 Å². The summed E-state index contributed by atoms with van der Waals surface area (Å²) in [5.74, 6) is 0.864. The fraction of sp³-hybridized carbons (Fsp3) is 0.571. The quantitative estimate of drug-likeness (QED) is 0.793. The molecule has 3 nitrogen and oxygen atoms in total. The topological polar surface area (TPSA) is 41.5 Å². The van der Waals surface area contributed by atoms with E-state index in [1.165, 1.54) is 12.8 Å². The van der Waals surface area contributed by atoms with Gasteiger partial charge in [0.25, 0.3) is 0 Å². The molecule has 1 aliphatic rings. The van der Waals surface area contributed by atoms with Crippen molar-refractivity contribution in [2.75, 3.05) is 6.61 Å². The third-order valence-corrected chi connectivity index (χ3v) is 2.71. The van der Waals surface area contributed by atoms with E-state index in [1.54, 1.807) is 13.8 Å². The molecule has 2 rings (SSSR count). The van der Waals surface area contributed by atoms with Gasteiger partial charge >= 0.3 is 0 Å². The zero-order valence-corrected chi connectivity index (χ0v) is 10.6. The molecule has 0 saturated heterocycles. The van der Waals surface area contributed by atoms with Crippen LogP contribution in [0.1, 0.15) is 32.3 Å². The van der Waals surface area contributed by atoms with Crippen molar-refractivity contribution in [3.05, 3.63) is 29.8 Å². The Labute approximate surface area is 103 Å². The van der Waals surface area contributed by atoms with Crippen LogP contribution in [0.2, 0.25) is 0 Å². The first kappa shape index (κ1) is 12.4. The molecule has 0 unspecified atom stereocenters. The lowest BCUT2D eigenvalue weighted by Crippen LogP contribution is -2.28. The van der Waals surface area contributed by atoms with Gasteiger partial charge in [0.1, 0.15) is 12.4 Å². The predicted octanol–water partition coefficient (Wildman–Crippen LogP) is 2.09. The highest BCUT2D eigenvalue weighted by Crippen LogP contribution is 2.23. The number of para-hydroxylation sites is 1. The van der Waals surface area contributed by atoms with E-state index in [9.17, 15) is 5.11 Å². The van der Waals surface area contributed by atoms with Gasteiger partial charge in [-0.05, 0) is 32.8 Å². The molecule has 0 aliphatic heterocycles. The van der Waals surface area contributed by atoms with Crippen molar-refractivity contribution >= 4 is 0 Å². The molecule has 0 aromatic heterocycles. The van der Waals surface area contributed by atoms with Gasteiger partial charge in [0, 0.05) is 18.2 Å². The number of nitrogens with one attached hydrogen (secondary N) is 1. The van der Waals surface area contributed by atoms with Gasteiger partial charge in [0.15, 0.2) is 0 Å². The number of benzene rings is 1. The fourth-order valence-corrected chi connectivity index (χ4v) is 1.59. The van der Waals surface area contributed by atoms with Gasteiger partial charge < -0.3 is 15.2 Å². The molecule has 1 aliphatic carbocycles. The van der Waals surface area contributed by atoms with Crippen molar-refractivity contribution in [2.24, 2.45) is 0 Å². The number of aliphatic hydroxyl groups is 1. The molecule has 1 aromatic rings. The molecule has 1 saturated carbocycles. The maximum atomic E-state index is 9.66. The molecule has 2 N–H and O–H groups in total. The van der Waals surface area contributed by atoms with Crippen molar-refractivity contribution in [1.82, 2.24) is 5.32 Å². The lowest BCUT2D eigenvalue weighted by Gasteiger charge is -2.19. The van der Waals surface area contributed by atoms with Crippen LogP contribution in [0.15, 0.2) is 24.3 Å². The maximum absolute atomic E-state index is 9.66. The first-order valence-electron chi connectivity index (χ1n) is 6.21. The van der Waals surface area contributed by atoms with Crippen molar-refractivity contribution in [3.8, 4) is 5.75 Å². The highest BCUT2D eigenvalue weighted by molar-refractivity contribution is 5.33. The maximum Gasteiger partial charge on any atom is 0.123 e. The Morgan fingerprint density at radius 2 is 2.06 bits per heavy atom. The molecular formula is C14H21NO2. The third kappa shape index (κ3) is 4.36.